The Kier molecular flexibility index (Phi) is 5.14. The van der Waals surface area contributed by atoms with Crippen molar-refractivity contribution in [1.29, 1.82) is 0 Å². The van der Waals surface area contributed by atoms with Crippen LogP contribution in [0.15, 0.2) is 60.7 Å². The summed E-state index contributed by atoms with van der Waals surface area (Å²) >= 11 is 0. The van der Waals surface area contributed by atoms with Crippen LogP contribution in [0, 0.1) is 0 Å². The van der Waals surface area contributed by atoms with Gasteiger partial charge in [0, 0.05) is 25.1 Å². The molecule has 0 aromatic heterocycles. The smallest absolute Gasteiger partial charge is 0.326 e. The first kappa shape index (κ1) is 20.8. The number of nitrogens with zero attached hydrogens (tertiary/aromatic N) is 2. The quantitative estimate of drug-likeness (QED) is 0.606. The zero-order valence-electron chi connectivity index (χ0n) is 17.8. The predicted molar refractivity (Wildman–Crippen MR) is 122 cm³/mol. The summed E-state index contributed by atoms with van der Waals surface area (Å²) < 4.78 is 0. The first-order valence-corrected chi connectivity index (χ1v) is 10.7. The van der Waals surface area contributed by atoms with E-state index >= 15 is 0 Å². The highest BCUT2D eigenvalue weighted by atomic mass is 16.2. The van der Waals surface area contributed by atoms with Crippen molar-refractivity contribution >= 4 is 40.2 Å². The molecule has 0 aliphatic carbocycles. The van der Waals surface area contributed by atoms with Crippen LogP contribution < -0.4 is 16.0 Å². The molecule has 3 aromatic rings. The van der Waals surface area contributed by atoms with Crippen LogP contribution in [0.2, 0.25) is 0 Å². The van der Waals surface area contributed by atoms with Crippen molar-refractivity contribution in [1.82, 2.24) is 10.2 Å². The summed E-state index contributed by atoms with van der Waals surface area (Å²) in [6.07, 6.45) is 0.786. The second-order valence-corrected chi connectivity index (χ2v) is 8.37. The van der Waals surface area contributed by atoms with E-state index in [-0.39, 0.29) is 17.9 Å². The van der Waals surface area contributed by atoms with E-state index in [4.69, 9.17) is 5.73 Å². The van der Waals surface area contributed by atoms with Gasteiger partial charge in [0.25, 0.3) is 5.91 Å². The zero-order chi connectivity index (χ0) is 23.1. The SMILES string of the molecule is NC(=O)N(C(=O)c1ccc2c(c1)CN(C1CCC(=O)NC1=O)C2)c1ccc2ccccc2c1. The molecule has 8 heteroatoms. The van der Waals surface area contributed by atoms with Gasteiger partial charge in [0.05, 0.1) is 11.7 Å². The highest BCUT2D eigenvalue weighted by Gasteiger charge is 2.35. The first-order valence-electron chi connectivity index (χ1n) is 10.7. The molecule has 1 saturated heterocycles. The number of anilines is 1. The second-order valence-electron chi connectivity index (χ2n) is 8.37. The molecule has 1 fully saturated rings. The minimum atomic E-state index is -0.860. The fourth-order valence-electron chi connectivity index (χ4n) is 4.59. The van der Waals surface area contributed by atoms with Crippen LogP contribution in [-0.4, -0.2) is 34.7 Å². The van der Waals surface area contributed by atoms with Crippen molar-refractivity contribution in [2.24, 2.45) is 5.73 Å². The summed E-state index contributed by atoms with van der Waals surface area (Å²) in [6.45, 7) is 1.04. The van der Waals surface area contributed by atoms with Gasteiger partial charge in [-0.1, -0.05) is 36.4 Å². The molecule has 33 heavy (non-hydrogen) atoms. The van der Waals surface area contributed by atoms with Gasteiger partial charge >= 0.3 is 6.03 Å². The summed E-state index contributed by atoms with van der Waals surface area (Å²) in [4.78, 5) is 52.2. The van der Waals surface area contributed by atoms with Gasteiger partial charge < -0.3 is 5.73 Å². The van der Waals surface area contributed by atoms with E-state index < -0.39 is 11.9 Å². The van der Waals surface area contributed by atoms with Gasteiger partial charge in [0.2, 0.25) is 11.8 Å². The average Bonchev–Trinajstić information content (AvgIpc) is 3.21. The van der Waals surface area contributed by atoms with Crippen LogP contribution in [0.3, 0.4) is 0 Å². The molecule has 5 rings (SSSR count). The molecule has 3 N–H and O–H groups in total. The molecule has 1 unspecified atom stereocenters. The number of hydrogen-bond donors (Lipinski definition) is 2. The number of rotatable bonds is 3. The van der Waals surface area contributed by atoms with Crippen LogP contribution in [0.25, 0.3) is 10.8 Å². The predicted octanol–water partition coefficient (Wildman–Crippen LogP) is 2.69. The van der Waals surface area contributed by atoms with Crippen LogP contribution in [0.5, 0.6) is 0 Å². The number of fused-ring (bicyclic) bond motifs is 2. The lowest BCUT2D eigenvalue weighted by atomic mass is 10.0. The number of imide groups is 2. The molecule has 0 radical (unpaired) electrons. The van der Waals surface area contributed by atoms with Crippen molar-refractivity contribution in [3.8, 4) is 0 Å². The Labute approximate surface area is 189 Å². The lowest BCUT2D eigenvalue weighted by Gasteiger charge is -2.29. The molecule has 5 amide bonds. The van der Waals surface area contributed by atoms with Crippen LogP contribution in [0.4, 0.5) is 10.5 Å². The Morgan fingerprint density at radius 1 is 0.939 bits per heavy atom. The lowest BCUT2D eigenvalue weighted by molar-refractivity contribution is -0.137. The highest BCUT2D eigenvalue weighted by molar-refractivity contribution is 6.20. The number of amides is 5. The molecule has 3 aromatic carbocycles. The number of urea groups is 1. The Balaban J connectivity index is 1.40. The molecule has 0 bridgehead atoms. The second kappa shape index (κ2) is 8.14. The fraction of sp³-hybridized carbons (Fsp3) is 0.200. The number of piperidine rings is 1. The standard InChI is InChI=1S/C25H22N4O4/c26-25(33)29(20-8-7-15-3-1-2-4-16(15)12-20)24(32)17-5-6-18-13-28(14-19(18)11-17)21-9-10-22(30)27-23(21)31/h1-8,11-12,21H,9-10,13-14H2,(H2,26,33)(H,27,30,31). The normalized spacial score (nSPS) is 18.1. The van der Waals surface area contributed by atoms with Crippen LogP contribution >= 0.6 is 0 Å². The molecule has 0 saturated carbocycles. The lowest BCUT2D eigenvalue weighted by Crippen LogP contribution is -2.50. The summed E-state index contributed by atoms with van der Waals surface area (Å²) in [6, 6.07) is 17.0. The minimum Gasteiger partial charge on any atom is -0.351 e. The van der Waals surface area contributed by atoms with Crippen molar-refractivity contribution < 1.29 is 19.2 Å². The molecule has 166 valence electrons. The zero-order valence-corrected chi connectivity index (χ0v) is 17.8. The van der Waals surface area contributed by atoms with E-state index in [0.717, 1.165) is 26.8 Å². The molecule has 1 atom stereocenters. The van der Waals surface area contributed by atoms with E-state index in [1.165, 1.54) is 0 Å². The summed E-state index contributed by atoms with van der Waals surface area (Å²) in [7, 11) is 0. The van der Waals surface area contributed by atoms with E-state index in [1.54, 1.807) is 24.3 Å². The third-order valence-electron chi connectivity index (χ3n) is 6.27. The van der Waals surface area contributed by atoms with E-state index in [9.17, 15) is 19.2 Å². The van der Waals surface area contributed by atoms with Gasteiger partial charge in [0.15, 0.2) is 0 Å². The Morgan fingerprint density at radius 2 is 1.70 bits per heavy atom. The molecule has 8 nitrogen and oxygen atoms in total. The maximum atomic E-state index is 13.3. The highest BCUT2D eigenvalue weighted by Crippen LogP contribution is 2.29. The molecular formula is C25H22N4O4. The van der Waals surface area contributed by atoms with E-state index in [1.807, 2.05) is 41.3 Å². The largest absolute Gasteiger partial charge is 0.351 e. The van der Waals surface area contributed by atoms with Crippen molar-refractivity contribution in [2.45, 2.75) is 32.0 Å². The Hall–Kier alpha value is -4.04. The Morgan fingerprint density at radius 3 is 2.45 bits per heavy atom. The molecule has 0 spiro atoms. The topological polar surface area (TPSA) is 113 Å². The van der Waals surface area contributed by atoms with Gasteiger partial charge in [-0.05, 0) is 52.6 Å². The van der Waals surface area contributed by atoms with Crippen molar-refractivity contribution in [2.75, 3.05) is 4.90 Å². The van der Waals surface area contributed by atoms with Gasteiger partial charge in [-0.25, -0.2) is 9.69 Å². The number of hydrogen-bond acceptors (Lipinski definition) is 5. The maximum absolute atomic E-state index is 13.3. The van der Waals surface area contributed by atoms with Gasteiger partial charge in [-0.3, -0.25) is 24.6 Å². The van der Waals surface area contributed by atoms with Crippen molar-refractivity contribution in [3.05, 3.63) is 77.4 Å². The molecule has 2 heterocycles. The summed E-state index contributed by atoms with van der Waals surface area (Å²) in [5, 5.41) is 4.27. The number of primary amides is 1. The van der Waals surface area contributed by atoms with E-state index in [0.29, 0.717) is 37.2 Å². The van der Waals surface area contributed by atoms with Gasteiger partial charge in [-0.15, -0.1) is 0 Å². The molecular weight excluding hydrogens is 420 g/mol. The fourth-order valence-corrected chi connectivity index (χ4v) is 4.59. The number of benzene rings is 3. The monoisotopic (exact) mass is 442 g/mol. The third-order valence-corrected chi connectivity index (χ3v) is 6.27. The number of carbonyl (C=O) groups is 4. The minimum absolute atomic E-state index is 0.249. The first-order chi connectivity index (χ1) is 15.9. The van der Waals surface area contributed by atoms with Gasteiger partial charge in [-0.2, -0.15) is 0 Å². The van der Waals surface area contributed by atoms with Crippen LogP contribution in [0.1, 0.15) is 34.3 Å². The maximum Gasteiger partial charge on any atom is 0.326 e. The average molecular weight is 442 g/mol. The number of nitrogens with one attached hydrogen (secondary N) is 1. The summed E-state index contributed by atoms with van der Waals surface area (Å²) in [5.74, 6) is -1.05. The van der Waals surface area contributed by atoms with Crippen molar-refractivity contribution in [3.63, 3.8) is 0 Å². The molecule has 2 aliphatic rings. The molecule has 2 aliphatic heterocycles. The van der Waals surface area contributed by atoms with E-state index in [2.05, 4.69) is 5.32 Å². The summed E-state index contributed by atoms with van der Waals surface area (Å²) in [5.41, 5.74) is 8.25. The number of carbonyl (C=O) groups excluding carboxylic acids is 4. The Bertz CT molecular complexity index is 1320. The number of nitrogens with two attached hydrogens (primary N) is 1. The van der Waals surface area contributed by atoms with Crippen LogP contribution in [-0.2, 0) is 22.7 Å². The third kappa shape index (κ3) is 3.85. The van der Waals surface area contributed by atoms with Gasteiger partial charge in [0.1, 0.15) is 0 Å².